The first-order valence-electron chi connectivity index (χ1n) is 10.9. The van der Waals surface area contributed by atoms with E-state index in [0.29, 0.717) is 19.1 Å². The van der Waals surface area contributed by atoms with Crippen LogP contribution in [0.15, 0.2) is 47.1 Å². The summed E-state index contributed by atoms with van der Waals surface area (Å²) in [7, 11) is 0. The maximum absolute atomic E-state index is 13.0. The third kappa shape index (κ3) is 4.42. The number of amides is 1. The van der Waals surface area contributed by atoms with E-state index in [4.69, 9.17) is 9.40 Å². The zero-order chi connectivity index (χ0) is 20.5. The van der Waals surface area contributed by atoms with Gasteiger partial charge in [-0.3, -0.25) is 14.6 Å². The Bertz CT molecular complexity index is 980. The molecule has 1 saturated heterocycles. The lowest BCUT2D eigenvalue weighted by Crippen LogP contribution is -2.50. The normalized spacial score (nSPS) is 18.2. The number of imidazole rings is 1. The lowest BCUT2D eigenvalue weighted by molar-refractivity contribution is -0.134. The van der Waals surface area contributed by atoms with Crippen molar-refractivity contribution in [2.24, 2.45) is 0 Å². The second-order valence-electron chi connectivity index (χ2n) is 8.52. The number of piperazine rings is 1. The summed E-state index contributed by atoms with van der Waals surface area (Å²) in [5, 5.41) is 0. The molecule has 1 aliphatic heterocycles. The minimum Gasteiger partial charge on any atom is -0.464 e. The van der Waals surface area contributed by atoms with Crippen LogP contribution < -0.4 is 0 Å². The van der Waals surface area contributed by atoms with Crippen molar-refractivity contribution in [2.45, 2.75) is 38.9 Å². The van der Waals surface area contributed by atoms with E-state index in [-0.39, 0.29) is 5.91 Å². The fourth-order valence-corrected chi connectivity index (χ4v) is 4.23. The maximum atomic E-state index is 13.0. The molecule has 0 unspecified atom stereocenters. The van der Waals surface area contributed by atoms with Crippen molar-refractivity contribution in [3.63, 3.8) is 0 Å². The van der Waals surface area contributed by atoms with E-state index >= 15 is 0 Å². The number of hydrogen-bond donors (Lipinski definition) is 0. The first-order valence-corrected chi connectivity index (χ1v) is 10.9. The smallest absolute Gasteiger partial charge is 0.237 e. The number of carbonyl (C=O) groups is 1. The summed E-state index contributed by atoms with van der Waals surface area (Å²) >= 11 is 0. The highest BCUT2D eigenvalue weighted by Crippen LogP contribution is 2.29. The molecule has 7 nitrogen and oxygen atoms in total. The SMILES string of the molecule is Cc1ccc(CN(C(=O)CN2CCN(Cc3cn4ccccc4n3)CC2)C2CC2)o1. The molecule has 0 spiro atoms. The zero-order valence-electron chi connectivity index (χ0n) is 17.5. The number of furan rings is 1. The number of rotatable bonds is 7. The van der Waals surface area contributed by atoms with E-state index in [1.54, 1.807) is 0 Å². The van der Waals surface area contributed by atoms with Gasteiger partial charge in [0.05, 0.1) is 18.8 Å². The van der Waals surface area contributed by atoms with E-state index in [2.05, 4.69) is 20.4 Å². The predicted octanol–water partition coefficient (Wildman–Crippen LogP) is 2.54. The standard InChI is InChI=1S/C23H29N5O2/c1-18-5-8-21(30-18)16-28(20-6-7-20)23(29)17-26-12-10-25(11-13-26)14-19-15-27-9-3-2-4-22(27)24-19/h2-5,8-9,15,20H,6-7,10-14,16-17H2,1H3. The first kappa shape index (κ1) is 19.3. The number of carbonyl (C=O) groups excluding carboxylic acids is 1. The highest BCUT2D eigenvalue weighted by Gasteiger charge is 2.34. The van der Waals surface area contributed by atoms with Crippen molar-refractivity contribution >= 4 is 11.6 Å². The molecule has 158 valence electrons. The van der Waals surface area contributed by atoms with Gasteiger partial charge in [-0.05, 0) is 44.0 Å². The van der Waals surface area contributed by atoms with Gasteiger partial charge in [-0.15, -0.1) is 0 Å². The number of fused-ring (bicyclic) bond motifs is 1. The lowest BCUT2D eigenvalue weighted by Gasteiger charge is -2.35. The molecular weight excluding hydrogens is 378 g/mol. The molecule has 30 heavy (non-hydrogen) atoms. The fraction of sp³-hybridized carbons (Fsp3) is 0.478. The van der Waals surface area contributed by atoms with Crippen molar-refractivity contribution in [1.29, 1.82) is 0 Å². The van der Waals surface area contributed by atoms with Crippen molar-refractivity contribution in [1.82, 2.24) is 24.1 Å². The van der Waals surface area contributed by atoms with Crippen molar-refractivity contribution in [3.05, 3.63) is 59.9 Å². The number of aryl methyl sites for hydroxylation is 1. The van der Waals surface area contributed by atoms with E-state index in [9.17, 15) is 4.79 Å². The predicted molar refractivity (Wildman–Crippen MR) is 114 cm³/mol. The van der Waals surface area contributed by atoms with Gasteiger partial charge in [0, 0.05) is 51.2 Å². The molecule has 1 aliphatic carbocycles. The van der Waals surface area contributed by atoms with Gasteiger partial charge in [-0.25, -0.2) is 4.98 Å². The minimum atomic E-state index is 0.223. The highest BCUT2D eigenvalue weighted by atomic mass is 16.3. The van der Waals surface area contributed by atoms with Gasteiger partial charge in [0.15, 0.2) is 0 Å². The molecule has 3 aromatic rings. The summed E-state index contributed by atoms with van der Waals surface area (Å²) in [5.41, 5.74) is 2.09. The monoisotopic (exact) mass is 407 g/mol. The Kier molecular flexibility index (Phi) is 5.31. The van der Waals surface area contributed by atoms with Crippen LogP contribution in [0.5, 0.6) is 0 Å². The molecule has 1 amide bonds. The van der Waals surface area contributed by atoms with Crippen LogP contribution in [0.1, 0.15) is 30.1 Å². The fourth-order valence-electron chi connectivity index (χ4n) is 4.23. The largest absolute Gasteiger partial charge is 0.464 e. The van der Waals surface area contributed by atoms with Gasteiger partial charge >= 0.3 is 0 Å². The van der Waals surface area contributed by atoms with Crippen LogP contribution in [0.4, 0.5) is 0 Å². The van der Waals surface area contributed by atoms with Gasteiger partial charge in [0.2, 0.25) is 5.91 Å². The van der Waals surface area contributed by atoms with E-state index in [1.165, 1.54) is 0 Å². The van der Waals surface area contributed by atoms with Crippen LogP contribution in [0.25, 0.3) is 5.65 Å². The summed E-state index contributed by atoms with van der Waals surface area (Å²) < 4.78 is 7.77. The topological polar surface area (TPSA) is 57.2 Å². The molecule has 2 fully saturated rings. The van der Waals surface area contributed by atoms with Gasteiger partial charge in [-0.2, -0.15) is 0 Å². The van der Waals surface area contributed by atoms with Crippen LogP contribution in [0, 0.1) is 6.92 Å². The molecule has 4 heterocycles. The Hall–Kier alpha value is -2.64. The number of aromatic nitrogens is 2. The number of pyridine rings is 1. The lowest BCUT2D eigenvalue weighted by atomic mass is 10.2. The number of nitrogens with zero attached hydrogens (tertiary/aromatic N) is 5. The summed E-state index contributed by atoms with van der Waals surface area (Å²) in [5.74, 6) is 2.00. The molecule has 3 aromatic heterocycles. The molecule has 0 radical (unpaired) electrons. The molecule has 1 saturated carbocycles. The molecular formula is C23H29N5O2. The van der Waals surface area contributed by atoms with Crippen LogP contribution in [0.3, 0.4) is 0 Å². The average molecular weight is 408 g/mol. The molecule has 2 aliphatic rings. The molecule has 7 heteroatoms. The molecule has 0 N–H and O–H groups in total. The molecule has 0 aromatic carbocycles. The second kappa shape index (κ2) is 8.24. The Balaban J connectivity index is 1.13. The third-order valence-electron chi connectivity index (χ3n) is 6.05. The Morgan fingerprint density at radius 2 is 1.93 bits per heavy atom. The average Bonchev–Trinajstić information content (AvgIpc) is 3.37. The van der Waals surface area contributed by atoms with E-state index < -0.39 is 0 Å². The van der Waals surface area contributed by atoms with Gasteiger partial charge in [-0.1, -0.05) is 6.07 Å². The van der Waals surface area contributed by atoms with Crippen LogP contribution >= 0.6 is 0 Å². The van der Waals surface area contributed by atoms with Gasteiger partial charge in [0.1, 0.15) is 17.2 Å². The third-order valence-corrected chi connectivity index (χ3v) is 6.05. The zero-order valence-corrected chi connectivity index (χ0v) is 17.5. The highest BCUT2D eigenvalue weighted by molar-refractivity contribution is 5.79. The summed E-state index contributed by atoms with van der Waals surface area (Å²) in [6, 6.07) is 10.4. The Morgan fingerprint density at radius 3 is 2.63 bits per heavy atom. The van der Waals surface area contributed by atoms with Crippen LogP contribution in [-0.4, -0.2) is 68.8 Å². The Morgan fingerprint density at radius 1 is 1.13 bits per heavy atom. The summed E-state index contributed by atoms with van der Waals surface area (Å²) in [6.07, 6.45) is 6.36. The van der Waals surface area contributed by atoms with E-state index in [1.807, 2.05) is 48.4 Å². The molecule has 5 rings (SSSR count). The Labute approximate surface area is 176 Å². The summed E-state index contributed by atoms with van der Waals surface area (Å²) in [6.45, 7) is 7.64. The van der Waals surface area contributed by atoms with Gasteiger partial charge < -0.3 is 13.7 Å². The quantitative estimate of drug-likeness (QED) is 0.603. The van der Waals surface area contributed by atoms with Crippen molar-refractivity contribution < 1.29 is 9.21 Å². The molecule has 0 bridgehead atoms. The van der Waals surface area contributed by atoms with Crippen molar-refractivity contribution in [3.8, 4) is 0 Å². The minimum absolute atomic E-state index is 0.223. The van der Waals surface area contributed by atoms with Crippen molar-refractivity contribution in [2.75, 3.05) is 32.7 Å². The number of hydrogen-bond acceptors (Lipinski definition) is 5. The van der Waals surface area contributed by atoms with E-state index in [0.717, 1.165) is 68.4 Å². The summed E-state index contributed by atoms with van der Waals surface area (Å²) in [4.78, 5) is 24.4. The maximum Gasteiger partial charge on any atom is 0.237 e. The second-order valence-corrected chi connectivity index (χ2v) is 8.52. The van der Waals surface area contributed by atoms with Gasteiger partial charge in [0.25, 0.3) is 0 Å². The van der Waals surface area contributed by atoms with Crippen LogP contribution in [0.2, 0.25) is 0 Å². The first-order chi connectivity index (χ1) is 14.6. The van der Waals surface area contributed by atoms with Crippen LogP contribution in [-0.2, 0) is 17.9 Å². The molecule has 0 atom stereocenters.